The van der Waals surface area contributed by atoms with Crippen LogP contribution in [-0.4, -0.2) is 4.98 Å². The summed E-state index contributed by atoms with van der Waals surface area (Å²) in [5, 5.41) is 0. The summed E-state index contributed by atoms with van der Waals surface area (Å²) in [6.45, 7) is 1.85. The first-order chi connectivity index (χ1) is 9.36. The van der Waals surface area contributed by atoms with Crippen molar-refractivity contribution < 1.29 is 17.9 Å². The molecule has 2 N–H and O–H groups in total. The van der Waals surface area contributed by atoms with Crippen molar-refractivity contribution in [2.24, 2.45) is 5.73 Å². The summed E-state index contributed by atoms with van der Waals surface area (Å²) in [5.74, 6) is 0.591. The number of rotatable bonds is 3. The summed E-state index contributed by atoms with van der Waals surface area (Å²) in [7, 11) is 0. The Morgan fingerprint density at radius 2 is 1.75 bits per heavy atom. The predicted octanol–water partition coefficient (Wildman–Crippen LogP) is 3.91. The smallest absolute Gasteiger partial charge is 0.417 e. The fourth-order valence-corrected chi connectivity index (χ4v) is 1.57. The van der Waals surface area contributed by atoms with E-state index in [0.717, 1.165) is 17.8 Å². The molecule has 1 aromatic carbocycles. The first-order valence-electron chi connectivity index (χ1n) is 5.93. The predicted molar refractivity (Wildman–Crippen MR) is 68.4 cm³/mol. The Labute approximate surface area is 114 Å². The number of aromatic nitrogens is 1. The topological polar surface area (TPSA) is 48.1 Å². The van der Waals surface area contributed by atoms with E-state index in [4.69, 9.17) is 10.5 Å². The lowest BCUT2D eigenvalue weighted by molar-refractivity contribution is -0.137. The second kappa shape index (κ2) is 5.50. The standard InChI is InChI=1S/C14H13F3N2O/c1-9(18)10-2-5-12(6-3-10)20-13-7-4-11(8-19-13)14(15,16)17/h2-9H,18H2,1H3. The molecule has 1 aromatic heterocycles. The molecular weight excluding hydrogens is 269 g/mol. The number of ether oxygens (including phenoxy) is 1. The SMILES string of the molecule is CC(N)c1ccc(Oc2ccc(C(F)(F)F)cn2)cc1. The third-order valence-electron chi connectivity index (χ3n) is 2.69. The molecule has 0 saturated heterocycles. The van der Waals surface area contributed by atoms with Crippen LogP contribution in [0.4, 0.5) is 13.2 Å². The number of pyridine rings is 1. The molecule has 20 heavy (non-hydrogen) atoms. The van der Waals surface area contributed by atoms with Crippen LogP contribution in [0, 0.1) is 0 Å². The van der Waals surface area contributed by atoms with Crippen LogP contribution in [0.2, 0.25) is 0 Å². The average Bonchev–Trinajstić information content (AvgIpc) is 2.39. The Morgan fingerprint density at radius 1 is 1.10 bits per heavy atom. The largest absolute Gasteiger partial charge is 0.439 e. The number of hydrogen-bond donors (Lipinski definition) is 1. The van der Waals surface area contributed by atoms with Gasteiger partial charge >= 0.3 is 6.18 Å². The zero-order chi connectivity index (χ0) is 14.8. The Morgan fingerprint density at radius 3 is 2.20 bits per heavy atom. The molecule has 0 aliphatic carbocycles. The molecule has 0 aliphatic rings. The minimum absolute atomic E-state index is 0.0896. The van der Waals surface area contributed by atoms with Crippen molar-refractivity contribution in [3.63, 3.8) is 0 Å². The molecule has 0 saturated carbocycles. The Bertz CT molecular complexity index is 562. The molecule has 2 rings (SSSR count). The molecule has 0 spiro atoms. The summed E-state index contributed by atoms with van der Waals surface area (Å²) in [6, 6.07) is 9.00. The van der Waals surface area contributed by atoms with E-state index in [-0.39, 0.29) is 11.9 Å². The fraction of sp³-hybridized carbons (Fsp3) is 0.214. The monoisotopic (exact) mass is 282 g/mol. The van der Waals surface area contributed by atoms with E-state index in [1.165, 1.54) is 6.07 Å². The molecule has 1 heterocycles. The third kappa shape index (κ3) is 3.48. The summed E-state index contributed by atoms with van der Waals surface area (Å²) in [4.78, 5) is 3.63. The van der Waals surface area contributed by atoms with Gasteiger partial charge in [-0.1, -0.05) is 12.1 Å². The van der Waals surface area contributed by atoms with E-state index in [1.54, 1.807) is 24.3 Å². The van der Waals surface area contributed by atoms with Gasteiger partial charge in [-0.15, -0.1) is 0 Å². The maximum absolute atomic E-state index is 12.4. The minimum Gasteiger partial charge on any atom is -0.439 e. The van der Waals surface area contributed by atoms with Crippen LogP contribution in [0.5, 0.6) is 11.6 Å². The quantitative estimate of drug-likeness (QED) is 0.928. The Kier molecular flexibility index (Phi) is 3.94. The van der Waals surface area contributed by atoms with Crippen LogP contribution >= 0.6 is 0 Å². The van der Waals surface area contributed by atoms with Crippen molar-refractivity contribution in [3.8, 4) is 11.6 Å². The molecule has 1 unspecified atom stereocenters. The highest BCUT2D eigenvalue weighted by atomic mass is 19.4. The molecule has 3 nitrogen and oxygen atoms in total. The molecule has 1 atom stereocenters. The average molecular weight is 282 g/mol. The van der Waals surface area contributed by atoms with Crippen molar-refractivity contribution in [1.29, 1.82) is 0 Å². The first kappa shape index (κ1) is 14.3. The molecule has 0 radical (unpaired) electrons. The highest BCUT2D eigenvalue weighted by Crippen LogP contribution is 2.30. The number of halogens is 3. The van der Waals surface area contributed by atoms with Gasteiger partial charge in [0.25, 0.3) is 0 Å². The first-order valence-corrected chi connectivity index (χ1v) is 5.93. The van der Waals surface area contributed by atoms with E-state index in [9.17, 15) is 13.2 Å². The zero-order valence-corrected chi connectivity index (χ0v) is 10.7. The van der Waals surface area contributed by atoms with Gasteiger partial charge in [0.05, 0.1) is 5.56 Å². The van der Waals surface area contributed by atoms with Gasteiger partial charge in [-0.2, -0.15) is 13.2 Å². The maximum atomic E-state index is 12.4. The summed E-state index contributed by atoms with van der Waals surface area (Å²) < 4.78 is 42.5. The van der Waals surface area contributed by atoms with Crippen LogP contribution < -0.4 is 10.5 Å². The second-order valence-corrected chi connectivity index (χ2v) is 4.34. The van der Waals surface area contributed by atoms with Crippen LogP contribution in [0.1, 0.15) is 24.1 Å². The highest BCUT2D eigenvalue weighted by Gasteiger charge is 2.30. The number of nitrogens with two attached hydrogens (primary N) is 1. The lowest BCUT2D eigenvalue weighted by Crippen LogP contribution is -2.05. The summed E-state index contributed by atoms with van der Waals surface area (Å²) in [5.41, 5.74) is 5.85. The van der Waals surface area contributed by atoms with E-state index in [1.807, 2.05) is 6.92 Å². The Hall–Kier alpha value is -2.08. The molecule has 0 bridgehead atoms. The molecule has 0 amide bonds. The molecule has 106 valence electrons. The highest BCUT2D eigenvalue weighted by molar-refractivity contribution is 5.32. The lowest BCUT2D eigenvalue weighted by Gasteiger charge is -2.09. The number of hydrogen-bond acceptors (Lipinski definition) is 3. The van der Waals surface area contributed by atoms with Crippen LogP contribution in [0.15, 0.2) is 42.6 Å². The van der Waals surface area contributed by atoms with E-state index >= 15 is 0 Å². The van der Waals surface area contributed by atoms with Gasteiger partial charge in [0.15, 0.2) is 0 Å². The van der Waals surface area contributed by atoms with Crippen molar-refractivity contribution >= 4 is 0 Å². The van der Waals surface area contributed by atoms with Crippen LogP contribution in [0.3, 0.4) is 0 Å². The number of benzene rings is 1. The van der Waals surface area contributed by atoms with Gasteiger partial charge in [-0.3, -0.25) is 0 Å². The van der Waals surface area contributed by atoms with Crippen molar-refractivity contribution in [2.45, 2.75) is 19.1 Å². The van der Waals surface area contributed by atoms with Crippen molar-refractivity contribution in [1.82, 2.24) is 4.98 Å². The van der Waals surface area contributed by atoms with Crippen molar-refractivity contribution in [2.75, 3.05) is 0 Å². The van der Waals surface area contributed by atoms with Gasteiger partial charge in [0, 0.05) is 18.3 Å². The van der Waals surface area contributed by atoms with E-state index < -0.39 is 11.7 Å². The number of nitrogens with zero attached hydrogens (tertiary/aromatic N) is 1. The molecular formula is C14H13F3N2O. The van der Waals surface area contributed by atoms with Crippen molar-refractivity contribution in [3.05, 3.63) is 53.7 Å². The second-order valence-electron chi connectivity index (χ2n) is 4.34. The normalized spacial score (nSPS) is 13.1. The van der Waals surface area contributed by atoms with Gasteiger partial charge in [-0.25, -0.2) is 4.98 Å². The van der Waals surface area contributed by atoms with E-state index in [0.29, 0.717) is 5.75 Å². The molecule has 2 aromatic rings. The Balaban J connectivity index is 2.10. The van der Waals surface area contributed by atoms with Gasteiger partial charge in [0.2, 0.25) is 5.88 Å². The van der Waals surface area contributed by atoms with E-state index in [2.05, 4.69) is 4.98 Å². The van der Waals surface area contributed by atoms with Gasteiger partial charge < -0.3 is 10.5 Å². The third-order valence-corrected chi connectivity index (χ3v) is 2.69. The van der Waals surface area contributed by atoms with Crippen LogP contribution in [0.25, 0.3) is 0 Å². The lowest BCUT2D eigenvalue weighted by atomic mass is 10.1. The fourth-order valence-electron chi connectivity index (χ4n) is 1.57. The molecule has 6 heteroatoms. The number of alkyl halides is 3. The minimum atomic E-state index is -4.40. The van der Waals surface area contributed by atoms with Gasteiger partial charge in [0.1, 0.15) is 5.75 Å². The zero-order valence-electron chi connectivity index (χ0n) is 10.7. The summed E-state index contributed by atoms with van der Waals surface area (Å²) in [6.07, 6.45) is -3.66. The van der Waals surface area contributed by atoms with Crippen LogP contribution in [-0.2, 0) is 6.18 Å². The molecule has 0 fully saturated rings. The summed E-state index contributed by atoms with van der Waals surface area (Å²) >= 11 is 0. The molecule has 0 aliphatic heterocycles. The maximum Gasteiger partial charge on any atom is 0.417 e. The van der Waals surface area contributed by atoms with Gasteiger partial charge in [-0.05, 0) is 30.7 Å².